The van der Waals surface area contributed by atoms with Crippen molar-refractivity contribution < 1.29 is 0 Å². The first-order valence-corrected chi connectivity index (χ1v) is 18.1. The van der Waals surface area contributed by atoms with Crippen LogP contribution in [0.3, 0.4) is 0 Å². The van der Waals surface area contributed by atoms with Gasteiger partial charge in [-0.15, -0.1) is 0 Å². The summed E-state index contributed by atoms with van der Waals surface area (Å²) in [6.07, 6.45) is 0. The van der Waals surface area contributed by atoms with Gasteiger partial charge in [0.05, 0.1) is 0 Å². The summed E-state index contributed by atoms with van der Waals surface area (Å²) in [5, 5.41) is 7.84. The average Bonchev–Trinajstić information content (AvgIpc) is 3.63. The molecule has 0 saturated carbocycles. The maximum atomic E-state index is 5.20. The SMILES string of the molecule is CC1(C)c2ccccc2-c2ccc(-c3nc(-c4ccccc4)nc(-c4ccc5ccc6ccc7c8ccccc8[se]c7c6c5c4)n3)cc21. The minimum atomic E-state index is -0.110. The van der Waals surface area contributed by atoms with E-state index in [2.05, 4.69) is 135 Å². The molecule has 2 aromatic heterocycles. The molecule has 0 atom stereocenters. The van der Waals surface area contributed by atoms with Gasteiger partial charge in [0, 0.05) is 0 Å². The van der Waals surface area contributed by atoms with E-state index in [1.165, 1.54) is 63.1 Å². The molecule has 48 heavy (non-hydrogen) atoms. The van der Waals surface area contributed by atoms with Crippen LogP contribution in [0.4, 0.5) is 0 Å². The molecule has 0 radical (unpaired) electrons. The van der Waals surface area contributed by atoms with Gasteiger partial charge in [-0.05, 0) is 11.1 Å². The first-order chi connectivity index (χ1) is 23.5. The second kappa shape index (κ2) is 10.3. The average molecular weight is 679 g/mol. The van der Waals surface area contributed by atoms with E-state index in [0.717, 1.165) is 16.7 Å². The van der Waals surface area contributed by atoms with Gasteiger partial charge < -0.3 is 0 Å². The predicted octanol–water partition coefficient (Wildman–Crippen LogP) is 10.8. The van der Waals surface area contributed by atoms with Gasteiger partial charge in [-0.1, -0.05) is 38.1 Å². The van der Waals surface area contributed by atoms with Crippen molar-refractivity contribution in [2.45, 2.75) is 19.3 Å². The fourth-order valence-corrected chi connectivity index (χ4v) is 10.3. The zero-order valence-electron chi connectivity index (χ0n) is 26.5. The van der Waals surface area contributed by atoms with Crippen molar-refractivity contribution in [2.24, 2.45) is 0 Å². The van der Waals surface area contributed by atoms with E-state index in [9.17, 15) is 0 Å². The van der Waals surface area contributed by atoms with Crippen molar-refractivity contribution in [3.05, 3.63) is 151 Å². The summed E-state index contributed by atoms with van der Waals surface area (Å²) in [6.45, 7) is 4.62. The maximum absolute atomic E-state index is 5.20. The number of aromatic nitrogens is 3. The van der Waals surface area contributed by atoms with Crippen molar-refractivity contribution in [1.29, 1.82) is 0 Å². The van der Waals surface area contributed by atoms with Crippen LogP contribution in [0.2, 0.25) is 0 Å². The van der Waals surface area contributed by atoms with Gasteiger partial charge in [0.2, 0.25) is 0 Å². The molecule has 0 N–H and O–H groups in total. The summed E-state index contributed by atoms with van der Waals surface area (Å²) in [5.74, 6) is 2.05. The number of fused-ring (bicyclic) bond motifs is 10. The van der Waals surface area contributed by atoms with Crippen LogP contribution in [-0.2, 0) is 5.41 Å². The van der Waals surface area contributed by atoms with Crippen LogP contribution < -0.4 is 0 Å². The molecule has 1 aliphatic carbocycles. The molecule has 0 fully saturated rings. The summed E-state index contributed by atoms with van der Waals surface area (Å²) in [4.78, 5) is 15.4. The standard InChI is InChI=1S/C44H29N3Se/c1-44(2)36-14-8-6-12-31(36)32-22-21-30(25-37(32)44)43-46-41(28-10-4-3-5-11-28)45-42(47-43)29-19-17-26-16-18-27-20-23-34-33-13-7-9-15-38(33)48-40(34)39(27)35(26)24-29/h3-25H,1-2H3. The Morgan fingerprint density at radius 2 is 1.08 bits per heavy atom. The Hall–Kier alpha value is -5.41. The van der Waals surface area contributed by atoms with Crippen molar-refractivity contribution in [1.82, 2.24) is 15.0 Å². The molecule has 10 rings (SSSR count). The number of benzene rings is 7. The Kier molecular flexibility index (Phi) is 5.94. The summed E-state index contributed by atoms with van der Waals surface area (Å²) in [6, 6.07) is 50.3. The normalized spacial score (nSPS) is 13.4. The second-order valence-electron chi connectivity index (χ2n) is 13.2. The molecule has 0 bridgehead atoms. The third kappa shape index (κ3) is 4.10. The van der Waals surface area contributed by atoms with Crippen molar-refractivity contribution in [2.75, 3.05) is 0 Å². The molecule has 0 spiro atoms. The number of rotatable bonds is 3. The van der Waals surface area contributed by atoms with Crippen LogP contribution in [0.25, 0.3) is 86.1 Å². The molecule has 9 aromatic rings. The fraction of sp³-hybridized carbons (Fsp3) is 0.0682. The molecule has 7 aromatic carbocycles. The summed E-state index contributed by atoms with van der Waals surface area (Å²) in [7, 11) is 0. The first kappa shape index (κ1) is 27.7. The Morgan fingerprint density at radius 1 is 0.458 bits per heavy atom. The Balaban J connectivity index is 1.19. The summed E-state index contributed by atoms with van der Waals surface area (Å²) < 4.78 is 2.92. The predicted molar refractivity (Wildman–Crippen MR) is 201 cm³/mol. The second-order valence-corrected chi connectivity index (χ2v) is 15.5. The molecule has 4 heteroatoms. The van der Waals surface area contributed by atoms with Crippen LogP contribution in [0.1, 0.15) is 25.0 Å². The molecule has 3 nitrogen and oxygen atoms in total. The van der Waals surface area contributed by atoms with Crippen LogP contribution >= 0.6 is 0 Å². The summed E-state index contributed by atoms with van der Waals surface area (Å²) >= 11 is 0.248. The van der Waals surface area contributed by atoms with Crippen LogP contribution in [0, 0.1) is 0 Å². The van der Waals surface area contributed by atoms with E-state index in [4.69, 9.17) is 15.0 Å². The van der Waals surface area contributed by atoms with Gasteiger partial charge >= 0.3 is 236 Å². The van der Waals surface area contributed by atoms with E-state index in [1.54, 1.807) is 0 Å². The monoisotopic (exact) mass is 679 g/mol. The minimum absolute atomic E-state index is 0.110. The Bertz CT molecular complexity index is 2760. The third-order valence-corrected chi connectivity index (χ3v) is 12.6. The van der Waals surface area contributed by atoms with E-state index < -0.39 is 0 Å². The van der Waals surface area contributed by atoms with E-state index in [-0.39, 0.29) is 19.9 Å². The molecule has 226 valence electrons. The molecule has 0 unspecified atom stereocenters. The van der Waals surface area contributed by atoms with Gasteiger partial charge in [0.1, 0.15) is 0 Å². The van der Waals surface area contributed by atoms with Gasteiger partial charge in [-0.3, -0.25) is 0 Å². The van der Waals surface area contributed by atoms with E-state index >= 15 is 0 Å². The topological polar surface area (TPSA) is 38.7 Å². The van der Waals surface area contributed by atoms with Gasteiger partial charge in [0.15, 0.2) is 0 Å². The van der Waals surface area contributed by atoms with Crippen molar-refractivity contribution in [3.63, 3.8) is 0 Å². The van der Waals surface area contributed by atoms with E-state index in [0.29, 0.717) is 17.5 Å². The zero-order chi connectivity index (χ0) is 32.0. The first-order valence-electron chi connectivity index (χ1n) is 16.4. The van der Waals surface area contributed by atoms with Gasteiger partial charge in [-0.2, -0.15) is 0 Å². The zero-order valence-corrected chi connectivity index (χ0v) is 28.2. The number of hydrogen-bond donors (Lipinski definition) is 0. The van der Waals surface area contributed by atoms with Crippen LogP contribution in [-0.4, -0.2) is 29.5 Å². The molecule has 2 heterocycles. The molecule has 0 saturated heterocycles. The van der Waals surface area contributed by atoms with E-state index in [1.807, 2.05) is 18.2 Å². The molecular formula is C44H29N3Se. The summed E-state index contributed by atoms with van der Waals surface area (Å²) in [5.41, 5.74) is 8.11. The molecule has 1 aliphatic rings. The Morgan fingerprint density at radius 3 is 1.94 bits per heavy atom. The third-order valence-electron chi connectivity index (χ3n) is 10.1. The van der Waals surface area contributed by atoms with Gasteiger partial charge in [0.25, 0.3) is 0 Å². The molecule has 0 aliphatic heterocycles. The molecular weight excluding hydrogens is 649 g/mol. The number of hydrogen-bond acceptors (Lipinski definition) is 3. The molecule has 0 amide bonds. The van der Waals surface area contributed by atoms with Gasteiger partial charge in [-0.25, -0.2) is 0 Å². The Labute approximate surface area is 284 Å². The fourth-order valence-electron chi connectivity index (χ4n) is 7.65. The number of nitrogens with zero attached hydrogens (tertiary/aromatic N) is 3. The van der Waals surface area contributed by atoms with Crippen molar-refractivity contribution >= 4 is 55.3 Å². The van der Waals surface area contributed by atoms with Crippen LogP contribution in [0.15, 0.2) is 140 Å². The van der Waals surface area contributed by atoms with Crippen LogP contribution in [0.5, 0.6) is 0 Å². The van der Waals surface area contributed by atoms with Crippen molar-refractivity contribution in [3.8, 4) is 45.3 Å². The quantitative estimate of drug-likeness (QED) is 0.138.